The second-order valence-corrected chi connectivity index (χ2v) is 4.07. The minimum absolute atomic E-state index is 0.0803. The van der Waals surface area contributed by atoms with Gasteiger partial charge >= 0.3 is 0 Å². The predicted octanol–water partition coefficient (Wildman–Crippen LogP) is 0.0908. The molecule has 5 nitrogen and oxygen atoms in total. The third-order valence-corrected chi connectivity index (χ3v) is 2.93. The summed E-state index contributed by atoms with van der Waals surface area (Å²) in [5, 5.41) is 13.8. The van der Waals surface area contributed by atoms with Crippen molar-refractivity contribution in [2.45, 2.75) is 25.9 Å². The molecule has 1 aromatic rings. The van der Waals surface area contributed by atoms with Crippen molar-refractivity contribution in [2.75, 3.05) is 6.54 Å². The number of hydrogen-bond acceptors (Lipinski definition) is 4. The SMILES string of the molecule is CC1NCCC1C(=O)NCc1cccnn1. The molecule has 16 heavy (non-hydrogen) atoms. The Morgan fingerprint density at radius 2 is 2.56 bits per heavy atom. The van der Waals surface area contributed by atoms with Crippen LogP contribution < -0.4 is 10.6 Å². The Balaban J connectivity index is 1.84. The zero-order valence-corrected chi connectivity index (χ0v) is 9.31. The summed E-state index contributed by atoms with van der Waals surface area (Å²) in [5.41, 5.74) is 0.787. The summed E-state index contributed by atoms with van der Waals surface area (Å²) in [4.78, 5) is 11.8. The topological polar surface area (TPSA) is 66.9 Å². The molecule has 86 valence electrons. The molecule has 2 unspecified atom stereocenters. The molecule has 2 heterocycles. The summed E-state index contributed by atoms with van der Waals surface area (Å²) in [6.07, 6.45) is 2.53. The second-order valence-electron chi connectivity index (χ2n) is 4.07. The molecule has 2 N–H and O–H groups in total. The van der Waals surface area contributed by atoms with E-state index in [4.69, 9.17) is 0 Å². The maximum absolute atomic E-state index is 11.8. The number of aromatic nitrogens is 2. The minimum atomic E-state index is 0.0803. The molecule has 0 spiro atoms. The Bertz CT molecular complexity index is 354. The van der Waals surface area contributed by atoms with Crippen LogP contribution in [0.25, 0.3) is 0 Å². The molecule has 2 rings (SSSR count). The summed E-state index contributed by atoms with van der Waals surface area (Å²) in [6.45, 7) is 3.42. The lowest BCUT2D eigenvalue weighted by Crippen LogP contribution is -2.36. The number of hydrogen-bond donors (Lipinski definition) is 2. The van der Waals surface area contributed by atoms with Crippen LogP contribution in [0.5, 0.6) is 0 Å². The molecule has 1 aliphatic rings. The number of rotatable bonds is 3. The first-order valence-electron chi connectivity index (χ1n) is 5.55. The van der Waals surface area contributed by atoms with Crippen LogP contribution in [0.4, 0.5) is 0 Å². The highest BCUT2D eigenvalue weighted by Gasteiger charge is 2.28. The van der Waals surface area contributed by atoms with Crippen LogP contribution in [-0.4, -0.2) is 28.7 Å². The van der Waals surface area contributed by atoms with Crippen LogP contribution in [0, 0.1) is 5.92 Å². The molecule has 0 aliphatic carbocycles. The van der Waals surface area contributed by atoms with Gasteiger partial charge in [0.25, 0.3) is 0 Å². The fourth-order valence-corrected chi connectivity index (χ4v) is 1.95. The van der Waals surface area contributed by atoms with E-state index in [-0.39, 0.29) is 17.9 Å². The van der Waals surface area contributed by atoms with Crippen LogP contribution in [0.1, 0.15) is 19.0 Å². The summed E-state index contributed by atoms with van der Waals surface area (Å²) >= 11 is 0. The van der Waals surface area contributed by atoms with Crippen molar-refractivity contribution in [1.29, 1.82) is 0 Å². The monoisotopic (exact) mass is 220 g/mol. The van der Waals surface area contributed by atoms with E-state index < -0.39 is 0 Å². The van der Waals surface area contributed by atoms with Gasteiger partial charge in [-0.05, 0) is 32.0 Å². The van der Waals surface area contributed by atoms with Gasteiger partial charge in [0.15, 0.2) is 0 Å². The van der Waals surface area contributed by atoms with Gasteiger partial charge in [-0.3, -0.25) is 4.79 Å². The molecule has 5 heteroatoms. The molecule has 0 bridgehead atoms. The van der Waals surface area contributed by atoms with Gasteiger partial charge in [0, 0.05) is 12.2 Å². The molecule has 1 aromatic heterocycles. The third kappa shape index (κ3) is 2.55. The molecule has 1 fully saturated rings. The van der Waals surface area contributed by atoms with Crippen LogP contribution in [0.2, 0.25) is 0 Å². The van der Waals surface area contributed by atoms with Crippen molar-refractivity contribution in [3.8, 4) is 0 Å². The zero-order chi connectivity index (χ0) is 11.4. The molecule has 1 saturated heterocycles. The smallest absolute Gasteiger partial charge is 0.225 e. The normalized spacial score (nSPS) is 24.3. The van der Waals surface area contributed by atoms with Crippen LogP contribution in [0.15, 0.2) is 18.3 Å². The molecular weight excluding hydrogens is 204 g/mol. The standard InChI is InChI=1S/C11H16N4O/c1-8-10(4-6-12-8)11(16)13-7-9-3-2-5-14-15-9/h2-3,5,8,10,12H,4,6-7H2,1H3,(H,13,16). The van der Waals surface area contributed by atoms with Gasteiger partial charge in [-0.25, -0.2) is 0 Å². The molecule has 0 radical (unpaired) electrons. The molecular formula is C11H16N4O. The van der Waals surface area contributed by atoms with Crippen molar-refractivity contribution < 1.29 is 4.79 Å². The van der Waals surface area contributed by atoms with E-state index in [1.165, 1.54) is 0 Å². The highest BCUT2D eigenvalue weighted by molar-refractivity contribution is 5.79. The number of carbonyl (C=O) groups is 1. The minimum Gasteiger partial charge on any atom is -0.350 e. The van der Waals surface area contributed by atoms with E-state index in [2.05, 4.69) is 20.8 Å². The Morgan fingerprint density at radius 1 is 1.69 bits per heavy atom. The van der Waals surface area contributed by atoms with Gasteiger partial charge in [0.1, 0.15) is 0 Å². The largest absolute Gasteiger partial charge is 0.350 e. The molecule has 0 saturated carbocycles. The van der Waals surface area contributed by atoms with E-state index in [0.29, 0.717) is 6.54 Å². The van der Waals surface area contributed by atoms with Gasteiger partial charge in [-0.15, -0.1) is 0 Å². The average molecular weight is 220 g/mol. The highest BCUT2D eigenvalue weighted by Crippen LogP contribution is 2.14. The van der Waals surface area contributed by atoms with Crippen molar-refractivity contribution >= 4 is 5.91 Å². The Kier molecular flexibility index (Phi) is 3.46. The first kappa shape index (κ1) is 11.0. The molecule has 1 amide bonds. The van der Waals surface area contributed by atoms with Crippen molar-refractivity contribution in [3.63, 3.8) is 0 Å². The lowest BCUT2D eigenvalue weighted by atomic mass is 10.0. The van der Waals surface area contributed by atoms with Crippen LogP contribution >= 0.6 is 0 Å². The predicted molar refractivity (Wildman–Crippen MR) is 59.5 cm³/mol. The maximum Gasteiger partial charge on any atom is 0.225 e. The third-order valence-electron chi connectivity index (χ3n) is 2.93. The number of nitrogens with one attached hydrogen (secondary N) is 2. The maximum atomic E-state index is 11.8. The van der Waals surface area contributed by atoms with E-state index in [0.717, 1.165) is 18.7 Å². The van der Waals surface area contributed by atoms with Gasteiger partial charge in [0.05, 0.1) is 18.2 Å². The van der Waals surface area contributed by atoms with Gasteiger partial charge in [-0.1, -0.05) is 0 Å². The summed E-state index contributed by atoms with van der Waals surface area (Å²) in [5.74, 6) is 0.180. The van der Waals surface area contributed by atoms with Gasteiger partial charge in [-0.2, -0.15) is 10.2 Å². The van der Waals surface area contributed by atoms with Crippen molar-refractivity contribution in [2.24, 2.45) is 5.92 Å². The summed E-state index contributed by atoms with van der Waals surface area (Å²) in [7, 11) is 0. The van der Waals surface area contributed by atoms with E-state index >= 15 is 0 Å². The van der Waals surface area contributed by atoms with Crippen molar-refractivity contribution in [1.82, 2.24) is 20.8 Å². The molecule has 0 aromatic carbocycles. The van der Waals surface area contributed by atoms with E-state index in [9.17, 15) is 4.79 Å². The number of amides is 1. The molecule has 2 atom stereocenters. The fraction of sp³-hybridized carbons (Fsp3) is 0.545. The van der Waals surface area contributed by atoms with E-state index in [1.807, 2.05) is 19.1 Å². The highest BCUT2D eigenvalue weighted by atomic mass is 16.1. The first-order chi connectivity index (χ1) is 7.77. The number of carbonyl (C=O) groups excluding carboxylic acids is 1. The Hall–Kier alpha value is -1.49. The van der Waals surface area contributed by atoms with Gasteiger partial charge in [0.2, 0.25) is 5.91 Å². The first-order valence-corrected chi connectivity index (χ1v) is 5.55. The Morgan fingerprint density at radius 3 is 3.19 bits per heavy atom. The summed E-state index contributed by atoms with van der Waals surface area (Å²) in [6, 6.07) is 3.93. The lowest BCUT2D eigenvalue weighted by Gasteiger charge is -2.14. The number of nitrogens with zero attached hydrogens (tertiary/aromatic N) is 2. The quantitative estimate of drug-likeness (QED) is 0.757. The summed E-state index contributed by atoms with van der Waals surface area (Å²) < 4.78 is 0. The van der Waals surface area contributed by atoms with Crippen LogP contribution in [0.3, 0.4) is 0 Å². The van der Waals surface area contributed by atoms with E-state index in [1.54, 1.807) is 6.20 Å². The van der Waals surface area contributed by atoms with Gasteiger partial charge < -0.3 is 10.6 Å². The zero-order valence-electron chi connectivity index (χ0n) is 9.31. The molecule has 1 aliphatic heterocycles. The van der Waals surface area contributed by atoms with Crippen molar-refractivity contribution in [3.05, 3.63) is 24.0 Å². The Labute approximate surface area is 94.6 Å². The average Bonchev–Trinajstić information content (AvgIpc) is 2.74. The van der Waals surface area contributed by atoms with Crippen LogP contribution in [-0.2, 0) is 11.3 Å². The lowest BCUT2D eigenvalue weighted by molar-refractivity contribution is -0.125. The fourth-order valence-electron chi connectivity index (χ4n) is 1.95. The second kappa shape index (κ2) is 5.03.